The summed E-state index contributed by atoms with van der Waals surface area (Å²) in [5.41, 5.74) is 38.4. The summed E-state index contributed by atoms with van der Waals surface area (Å²) < 4.78 is 14.2. The lowest BCUT2D eigenvalue weighted by molar-refractivity contribution is 1.08. The van der Waals surface area contributed by atoms with E-state index in [0.29, 0.717) is 0 Å². The van der Waals surface area contributed by atoms with Crippen molar-refractivity contribution < 1.29 is 0 Å². The van der Waals surface area contributed by atoms with Crippen LogP contribution in [0.15, 0.2) is 449 Å². The van der Waals surface area contributed by atoms with Crippen molar-refractivity contribution in [3.05, 3.63) is 449 Å². The molecule has 12 heterocycles. The van der Waals surface area contributed by atoms with Gasteiger partial charge in [-0.05, 0) is 183 Å². The summed E-state index contributed by atoms with van der Waals surface area (Å²) >= 11 is 0. The predicted molar refractivity (Wildman–Crippen MR) is 578 cm³/mol. The summed E-state index contributed by atoms with van der Waals surface area (Å²) in [5.74, 6) is 2.61. The minimum atomic E-state index is 0.864. The number of nitrogens with zero attached hydrogens (tertiary/aromatic N) is 12. The van der Waals surface area contributed by atoms with Gasteiger partial charge < -0.3 is 13.7 Å². The molecule has 0 amide bonds. The third-order valence-electron chi connectivity index (χ3n) is 29.7. The van der Waals surface area contributed by atoms with Gasteiger partial charge in [-0.25, -0.2) is 29.9 Å². The maximum atomic E-state index is 5.33. The molecule has 140 heavy (non-hydrogen) atoms. The van der Waals surface area contributed by atoms with Crippen molar-refractivity contribution in [2.75, 3.05) is 0 Å². The number of fused-ring (bicyclic) bond motifs is 40. The average Bonchev–Trinajstić information content (AvgIpc) is 1.56. The van der Waals surface area contributed by atoms with Crippen LogP contribution < -0.4 is 0 Å². The lowest BCUT2D eigenvalue weighted by Crippen LogP contribution is -2.02. The van der Waals surface area contributed by atoms with Gasteiger partial charge in [0.2, 0.25) is 0 Å². The highest BCUT2D eigenvalue weighted by molar-refractivity contribution is 6.30. The molecule has 0 unspecified atom stereocenters. The number of hydrogen-bond donors (Lipinski definition) is 0. The van der Waals surface area contributed by atoms with Gasteiger partial charge in [0.25, 0.3) is 0 Å². The number of para-hydroxylation sites is 13. The van der Waals surface area contributed by atoms with Crippen molar-refractivity contribution in [3.63, 3.8) is 0 Å². The standard InChI is InChI=1S/C46H26N4.C44H26N4.C38H22N4/c1-3-12-30-27(10-1)20-23-40-42(30)43-31-13-4-2-11-28(31)21-24-41(43)49(40)29-22-25-39-36(26-29)35-17-9-16-34-32-14-5-6-15-33(32)44-46(50(39)45(34)35)48-38-19-8-7-18-37(38)47-44;1-2-13-33-30(10-1)34-14-9-15-35-36-26-28(22-25-41(36)48(43(34)35)44-42(33)45-37-16-5-6-17-38(37)46-44)27-20-23-29(24-21-27)47-39-18-7-3-11-31(39)32-12-4-8-19-40(32)47;1-2-13-27-24(10-1)28-14-9-15-29-30-22-23(41-33-18-7-3-11-25(33)26-12-4-8-19-34(26)41)20-21-35(30)42(37(28)29)38-36(27)39-31-16-5-6-17-32(31)40-38/h1-26H;1-26H;1-22H. The monoisotopic (exact) mass is 1780 g/mol. The first-order chi connectivity index (χ1) is 69.5. The van der Waals surface area contributed by atoms with Gasteiger partial charge in [0.1, 0.15) is 17.1 Å². The van der Waals surface area contributed by atoms with Crippen LogP contribution >= 0.6 is 0 Å². The molecule has 9 aromatic heterocycles. The Morgan fingerprint density at radius 1 is 0.143 bits per heavy atom. The lowest BCUT2D eigenvalue weighted by Gasteiger charge is -2.13. The van der Waals surface area contributed by atoms with Crippen molar-refractivity contribution in [1.29, 1.82) is 0 Å². The number of aromatic nitrogens is 12. The Balaban J connectivity index is 0.0000000971. The summed E-state index contributed by atoms with van der Waals surface area (Å²) in [7, 11) is 0. The molecule has 0 atom stereocenters. The van der Waals surface area contributed by atoms with Gasteiger partial charge in [-0.2, -0.15) is 0 Å². The molecule has 30 aromatic rings. The normalized spacial score (nSPS) is 12.3. The van der Waals surface area contributed by atoms with Gasteiger partial charge in [-0.1, -0.05) is 315 Å². The van der Waals surface area contributed by atoms with Crippen molar-refractivity contribution in [1.82, 2.24) is 57.3 Å². The van der Waals surface area contributed by atoms with Crippen LogP contribution in [0.25, 0.3) is 298 Å². The number of rotatable bonds is 4. The van der Waals surface area contributed by atoms with Gasteiger partial charge in [0.15, 0.2) is 17.5 Å². The Morgan fingerprint density at radius 2 is 0.400 bits per heavy atom. The van der Waals surface area contributed by atoms with Crippen molar-refractivity contribution in [2.45, 2.75) is 0 Å². The third-order valence-corrected chi connectivity index (χ3v) is 29.7. The van der Waals surface area contributed by atoms with Gasteiger partial charge in [-0.3, -0.25) is 13.7 Å². The topological polar surface area (TPSA) is 107 Å². The molecule has 3 aliphatic heterocycles. The molecular weight excluding hydrogens is 1710 g/mol. The minimum Gasteiger partial charge on any atom is -0.309 e. The highest BCUT2D eigenvalue weighted by Crippen LogP contribution is 2.53. The Kier molecular flexibility index (Phi) is 16.0. The van der Waals surface area contributed by atoms with Crippen LogP contribution in [0.3, 0.4) is 0 Å². The highest BCUT2D eigenvalue weighted by atomic mass is 15.1. The summed E-state index contributed by atoms with van der Waals surface area (Å²) in [5, 5.41) is 19.9. The SMILES string of the molecule is c1ccc2c(c1)-c1nc3ccccc3nc1-n1c3ccc(-c4ccc(-n5c6ccccc6c6ccccc65)cc4)cc3c3cccc-2c31.c1ccc2c(c1)-c1nc3ccccc3nc1-n1c3ccc(-n4c5ccc6ccccc6c5c5c6ccccc6ccc54)cc3c3cccc-2c31.c1ccc2c(c1)-c1nc3ccccc3nc1-n1c3ccc(-n4c5ccccc5c5ccccc54)cc3c3cccc-2c31. The van der Waals surface area contributed by atoms with Crippen LogP contribution in [-0.4, -0.2) is 57.3 Å². The van der Waals surface area contributed by atoms with E-state index in [9.17, 15) is 0 Å². The summed E-state index contributed by atoms with van der Waals surface area (Å²) in [6.07, 6.45) is 0. The molecule has 0 saturated carbocycles. The molecule has 0 spiro atoms. The van der Waals surface area contributed by atoms with E-state index in [1.165, 1.54) is 175 Å². The summed E-state index contributed by atoms with van der Waals surface area (Å²) in [4.78, 5) is 31.6. The van der Waals surface area contributed by atoms with Crippen LogP contribution in [0.5, 0.6) is 0 Å². The van der Waals surface area contributed by atoms with E-state index < -0.39 is 0 Å². The molecule has 0 radical (unpaired) electrons. The van der Waals surface area contributed by atoms with E-state index in [1.54, 1.807) is 0 Å². The summed E-state index contributed by atoms with van der Waals surface area (Å²) in [6.45, 7) is 0. The zero-order valence-corrected chi connectivity index (χ0v) is 75.1. The predicted octanol–water partition coefficient (Wildman–Crippen LogP) is 32.4. The molecule has 33 rings (SSSR count). The zero-order chi connectivity index (χ0) is 91.2. The largest absolute Gasteiger partial charge is 0.309 e. The Morgan fingerprint density at radius 3 is 0.779 bits per heavy atom. The second kappa shape index (κ2) is 29.2. The van der Waals surface area contributed by atoms with E-state index in [4.69, 9.17) is 29.9 Å². The first-order valence-corrected chi connectivity index (χ1v) is 47.7. The Labute approximate surface area is 799 Å². The van der Waals surface area contributed by atoms with Crippen LogP contribution in [0.2, 0.25) is 0 Å². The number of hydrogen-bond acceptors (Lipinski definition) is 6. The molecular formula is C128H74N12. The van der Waals surface area contributed by atoms with Gasteiger partial charge >= 0.3 is 0 Å². The fourth-order valence-corrected chi connectivity index (χ4v) is 23.7. The van der Waals surface area contributed by atoms with Gasteiger partial charge in [-0.15, -0.1) is 0 Å². The molecule has 0 N–H and O–H groups in total. The van der Waals surface area contributed by atoms with Crippen LogP contribution in [0.1, 0.15) is 0 Å². The van der Waals surface area contributed by atoms with Crippen molar-refractivity contribution in [3.8, 4) is 113 Å². The fourth-order valence-electron chi connectivity index (χ4n) is 23.7. The molecule has 12 nitrogen and oxygen atoms in total. The fraction of sp³-hybridized carbons (Fsp3) is 0. The molecule has 0 saturated heterocycles. The lowest BCUT2D eigenvalue weighted by atomic mass is 9.96. The number of benzene rings is 21. The van der Waals surface area contributed by atoms with Gasteiger partial charge in [0, 0.05) is 115 Å². The molecule has 0 aliphatic carbocycles. The molecule has 0 bridgehead atoms. The molecule has 12 heteroatoms. The smallest absolute Gasteiger partial charge is 0.165 e. The maximum absolute atomic E-state index is 5.33. The zero-order valence-electron chi connectivity index (χ0n) is 75.1. The van der Waals surface area contributed by atoms with E-state index >= 15 is 0 Å². The molecule has 21 aromatic carbocycles. The van der Waals surface area contributed by atoms with Crippen LogP contribution in [0, 0.1) is 0 Å². The highest BCUT2D eigenvalue weighted by Gasteiger charge is 2.33. The van der Waals surface area contributed by atoms with Crippen LogP contribution in [0.4, 0.5) is 0 Å². The maximum Gasteiger partial charge on any atom is 0.165 e. The third kappa shape index (κ3) is 10.9. The first-order valence-electron chi connectivity index (χ1n) is 47.7. The average molecular weight is 1780 g/mol. The van der Waals surface area contributed by atoms with Crippen molar-refractivity contribution in [2.24, 2.45) is 0 Å². The van der Waals surface area contributed by atoms with E-state index in [-0.39, 0.29) is 0 Å². The second-order valence-corrected chi connectivity index (χ2v) is 37.0. The molecule has 646 valence electrons. The van der Waals surface area contributed by atoms with E-state index in [1.807, 2.05) is 48.5 Å². The first kappa shape index (κ1) is 76.4. The van der Waals surface area contributed by atoms with Gasteiger partial charge in [0.05, 0.1) is 99.3 Å². The minimum absolute atomic E-state index is 0.864. The molecule has 3 aliphatic rings. The summed E-state index contributed by atoms with van der Waals surface area (Å²) in [6, 6.07) is 161. The Bertz CT molecular complexity index is 10500. The van der Waals surface area contributed by atoms with Crippen LogP contribution in [-0.2, 0) is 0 Å². The Hall–Kier alpha value is -19.0. The van der Waals surface area contributed by atoms with E-state index in [2.05, 4.69) is 428 Å². The van der Waals surface area contributed by atoms with Crippen molar-refractivity contribution >= 4 is 185 Å². The quantitative estimate of drug-likeness (QED) is 0.174. The second-order valence-electron chi connectivity index (χ2n) is 37.0. The molecule has 0 fully saturated rings. The van der Waals surface area contributed by atoms with E-state index in [0.717, 1.165) is 123 Å².